The number of piperidine rings is 1. The number of amides is 2. The van der Waals surface area contributed by atoms with Crippen LogP contribution < -0.4 is 5.32 Å². The van der Waals surface area contributed by atoms with Crippen LogP contribution in [0.25, 0.3) is 0 Å². The summed E-state index contributed by atoms with van der Waals surface area (Å²) in [6.07, 6.45) is 1.69. The molecule has 0 bridgehead atoms. The Bertz CT molecular complexity index is 654. The standard InChI is InChI=1S/C17H20ClFN2O2/c1-17(2)14(20-16(17)23)10-5-7-21(8-6-10)15(22)12-4-3-11(19)9-13(12)18/h3-4,9-10,14H,5-8H2,1-2H3,(H,20,23)/t14-/m1/s1. The van der Waals surface area contributed by atoms with E-state index in [9.17, 15) is 14.0 Å². The van der Waals surface area contributed by atoms with Crippen LogP contribution >= 0.6 is 11.6 Å². The minimum atomic E-state index is -0.451. The average molecular weight is 339 g/mol. The van der Waals surface area contributed by atoms with Crippen molar-refractivity contribution < 1.29 is 14.0 Å². The first-order chi connectivity index (χ1) is 10.8. The average Bonchev–Trinajstić information content (AvgIpc) is 2.52. The predicted octanol–water partition coefficient (Wildman–Crippen LogP) is 2.86. The number of benzene rings is 1. The van der Waals surface area contributed by atoms with E-state index in [4.69, 9.17) is 11.6 Å². The highest BCUT2D eigenvalue weighted by Gasteiger charge is 2.51. The zero-order valence-electron chi connectivity index (χ0n) is 13.2. The molecule has 2 heterocycles. The van der Waals surface area contributed by atoms with Crippen LogP contribution in [0.1, 0.15) is 37.0 Å². The quantitative estimate of drug-likeness (QED) is 0.843. The van der Waals surface area contributed by atoms with Gasteiger partial charge in [0.2, 0.25) is 5.91 Å². The third-order valence-electron chi connectivity index (χ3n) is 5.11. The Kier molecular flexibility index (Phi) is 4.08. The van der Waals surface area contributed by atoms with E-state index in [1.54, 1.807) is 4.90 Å². The summed E-state index contributed by atoms with van der Waals surface area (Å²) >= 11 is 5.97. The maximum atomic E-state index is 13.1. The van der Waals surface area contributed by atoms with Gasteiger partial charge in [0.05, 0.1) is 16.0 Å². The van der Waals surface area contributed by atoms with Gasteiger partial charge in [-0.15, -0.1) is 0 Å². The van der Waals surface area contributed by atoms with Gasteiger partial charge in [-0.05, 0) is 50.8 Å². The van der Waals surface area contributed by atoms with Crippen molar-refractivity contribution in [1.82, 2.24) is 10.2 Å². The summed E-state index contributed by atoms with van der Waals surface area (Å²) in [7, 11) is 0. The van der Waals surface area contributed by atoms with Crippen LogP contribution in [0.3, 0.4) is 0 Å². The number of hydrogen-bond acceptors (Lipinski definition) is 2. The molecule has 0 aliphatic carbocycles. The van der Waals surface area contributed by atoms with Gasteiger partial charge in [0.25, 0.3) is 5.91 Å². The zero-order chi connectivity index (χ0) is 16.8. The highest BCUT2D eigenvalue weighted by molar-refractivity contribution is 6.33. The lowest BCUT2D eigenvalue weighted by molar-refractivity contribution is -0.146. The largest absolute Gasteiger partial charge is 0.351 e. The van der Waals surface area contributed by atoms with Gasteiger partial charge < -0.3 is 10.2 Å². The molecule has 2 fully saturated rings. The Labute approximate surface area is 140 Å². The topological polar surface area (TPSA) is 49.4 Å². The summed E-state index contributed by atoms with van der Waals surface area (Å²) in [6, 6.07) is 4.02. The van der Waals surface area contributed by atoms with Crippen molar-refractivity contribution in [3.63, 3.8) is 0 Å². The molecule has 1 aromatic carbocycles. The summed E-state index contributed by atoms with van der Waals surface area (Å²) in [6.45, 7) is 5.18. The van der Waals surface area contributed by atoms with Gasteiger partial charge in [0, 0.05) is 19.1 Å². The van der Waals surface area contributed by atoms with Crippen LogP contribution in [0.2, 0.25) is 5.02 Å². The summed E-state index contributed by atoms with van der Waals surface area (Å²) in [5.74, 6) is -0.131. The molecule has 0 unspecified atom stereocenters. The van der Waals surface area contributed by atoms with Crippen molar-refractivity contribution in [2.75, 3.05) is 13.1 Å². The van der Waals surface area contributed by atoms with E-state index in [0.717, 1.165) is 18.9 Å². The highest BCUT2D eigenvalue weighted by atomic mass is 35.5. The van der Waals surface area contributed by atoms with Crippen LogP contribution in [0.4, 0.5) is 4.39 Å². The molecule has 2 aliphatic heterocycles. The number of hydrogen-bond donors (Lipinski definition) is 1. The van der Waals surface area contributed by atoms with Gasteiger partial charge in [0.15, 0.2) is 0 Å². The number of carbonyl (C=O) groups excluding carboxylic acids is 2. The minimum Gasteiger partial charge on any atom is -0.351 e. The maximum Gasteiger partial charge on any atom is 0.255 e. The summed E-state index contributed by atoms with van der Waals surface area (Å²) < 4.78 is 13.1. The van der Waals surface area contributed by atoms with Crippen molar-refractivity contribution in [3.05, 3.63) is 34.6 Å². The summed E-state index contributed by atoms with van der Waals surface area (Å²) in [5, 5.41) is 3.13. The Morgan fingerprint density at radius 2 is 2.00 bits per heavy atom. The smallest absolute Gasteiger partial charge is 0.255 e. The van der Waals surface area contributed by atoms with Gasteiger partial charge >= 0.3 is 0 Å². The number of halogens is 2. The summed E-state index contributed by atoms with van der Waals surface area (Å²) in [5.41, 5.74) is 0.0145. The number of likely N-dealkylation sites (tertiary alicyclic amines) is 1. The molecule has 23 heavy (non-hydrogen) atoms. The number of rotatable bonds is 2. The molecule has 1 aromatic rings. The lowest BCUT2D eigenvalue weighted by atomic mass is 9.68. The molecule has 2 amide bonds. The van der Waals surface area contributed by atoms with Gasteiger partial charge in [-0.2, -0.15) is 0 Å². The monoisotopic (exact) mass is 338 g/mol. The first kappa shape index (κ1) is 16.2. The lowest BCUT2D eigenvalue weighted by Gasteiger charge is -2.50. The summed E-state index contributed by atoms with van der Waals surface area (Å²) in [4.78, 5) is 25.9. The Morgan fingerprint density at radius 3 is 2.52 bits per heavy atom. The molecule has 124 valence electrons. The molecule has 3 rings (SSSR count). The molecular formula is C17H20ClFN2O2. The van der Waals surface area contributed by atoms with Crippen molar-refractivity contribution >= 4 is 23.4 Å². The molecule has 0 saturated carbocycles. The van der Waals surface area contributed by atoms with Crippen LogP contribution in [-0.2, 0) is 4.79 Å². The van der Waals surface area contributed by atoms with E-state index in [1.165, 1.54) is 12.1 Å². The van der Waals surface area contributed by atoms with E-state index in [1.807, 2.05) is 13.8 Å². The molecule has 2 aliphatic rings. The van der Waals surface area contributed by atoms with Crippen LogP contribution in [0.15, 0.2) is 18.2 Å². The Balaban J connectivity index is 1.63. The second-order valence-electron chi connectivity index (χ2n) is 6.93. The lowest BCUT2D eigenvalue weighted by Crippen LogP contribution is -2.68. The number of nitrogens with one attached hydrogen (secondary N) is 1. The van der Waals surface area contributed by atoms with Crippen molar-refractivity contribution in [3.8, 4) is 0 Å². The minimum absolute atomic E-state index is 0.0964. The molecule has 1 N–H and O–H groups in total. The van der Waals surface area contributed by atoms with E-state index in [0.29, 0.717) is 24.6 Å². The van der Waals surface area contributed by atoms with Crippen LogP contribution in [0.5, 0.6) is 0 Å². The molecule has 0 aromatic heterocycles. The van der Waals surface area contributed by atoms with E-state index >= 15 is 0 Å². The fourth-order valence-corrected chi connectivity index (χ4v) is 3.80. The normalized spacial score (nSPS) is 24.1. The van der Waals surface area contributed by atoms with Crippen LogP contribution in [0, 0.1) is 17.2 Å². The second-order valence-corrected chi connectivity index (χ2v) is 7.33. The molecule has 4 nitrogen and oxygen atoms in total. The Hall–Kier alpha value is -1.62. The van der Waals surface area contributed by atoms with Gasteiger partial charge in [0.1, 0.15) is 5.82 Å². The fraction of sp³-hybridized carbons (Fsp3) is 0.529. The molecule has 1 atom stereocenters. The fourth-order valence-electron chi connectivity index (χ4n) is 3.55. The van der Waals surface area contributed by atoms with Crippen LogP contribution in [-0.4, -0.2) is 35.8 Å². The molecule has 6 heteroatoms. The third kappa shape index (κ3) is 2.82. The highest BCUT2D eigenvalue weighted by Crippen LogP contribution is 2.38. The van der Waals surface area contributed by atoms with Crippen molar-refractivity contribution in [2.45, 2.75) is 32.7 Å². The van der Waals surface area contributed by atoms with Crippen molar-refractivity contribution in [1.29, 1.82) is 0 Å². The van der Waals surface area contributed by atoms with Gasteiger partial charge in [-0.25, -0.2) is 4.39 Å². The van der Waals surface area contributed by atoms with Gasteiger partial charge in [-0.3, -0.25) is 9.59 Å². The van der Waals surface area contributed by atoms with E-state index < -0.39 is 5.82 Å². The molecule has 0 radical (unpaired) electrons. The zero-order valence-corrected chi connectivity index (χ0v) is 14.0. The number of carbonyl (C=O) groups is 2. The SMILES string of the molecule is CC1(C)C(=O)N[C@@H]1C1CCN(C(=O)c2ccc(F)cc2Cl)CC1. The Morgan fingerprint density at radius 1 is 1.35 bits per heavy atom. The number of β-lactam (4-membered cyclic amide) rings is 1. The predicted molar refractivity (Wildman–Crippen MR) is 85.7 cm³/mol. The molecule has 2 saturated heterocycles. The first-order valence-corrected chi connectivity index (χ1v) is 8.24. The second kappa shape index (κ2) is 5.78. The molecule has 0 spiro atoms. The van der Waals surface area contributed by atoms with Crippen molar-refractivity contribution in [2.24, 2.45) is 11.3 Å². The number of nitrogens with zero attached hydrogens (tertiary/aromatic N) is 1. The molecular weight excluding hydrogens is 319 g/mol. The van der Waals surface area contributed by atoms with Gasteiger partial charge in [-0.1, -0.05) is 11.6 Å². The van der Waals surface area contributed by atoms with E-state index in [2.05, 4.69) is 5.32 Å². The maximum absolute atomic E-state index is 13.1. The third-order valence-corrected chi connectivity index (χ3v) is 5.42. The van der Waals surface area contributed by atoms with E-state index in [-0.39, 0.29) is 28.3 Å². The first-order valence-electron chi connectivity index (χ1n) is 7.86.